The number of hydrogen-bond acceptors (Lipinski definition) is 4. The summed E-state index contributed by atoms with van der Waals surface area (Å²) in [5, 5.41) is 7.07. The van der Waals surface area contributed by atoms with Crippen molar-refractivity contribution in [2.24, 2.45) is 0 Å². The smallest absolute Gasteiger partial charge is 0.195 e. The van der Waals surface area contributed by atoms with Crippen LogP contribution in [0.15, 0.2) is 12.1 Å². The summed E-state index contributed by atoms with van der Waals surface area (Å²) in [6, 6.07) is 4.15. The SMILES string of the molecule is COCCn1c(-c2ccc(C)s2)n[nH]c1=S. The number of aromatic amines is 1. The molecular weight excluding hydrogens is 242 g/mol. The first-order valence-electron chi connectivity index (χ1n) is 4.93. The predicted molar refractivity (Wildman–Crippen MR) is 67.3 cm³/mol. The molecule has 0 aliphatic heterocycles. The summed E-state index contributed by atoms with van der Waals surface area (Å²) in [5.74, 6) is 0.889. The Hall–Kier alpha value is -0.980. The molecule has 0 aromatic carbocycles. The minimum absolute atomic E-state index is 0.630. The Balaban J connectivity index is 2.37. The molecule has 16 heavy (non-hydrogen) atoms. The highest BCUT2D eigenvalue weighted by atomic mass is 32.1. The van der Waals surface area contributed by atoms with Crippen LogP contribution in [0.5, 0.6) is 0 Å². The zero-order valence-electron chi connectivity index (χ0n) is 9.19. The maximum absolute atomic E-state index is 5.19. The normalized spacial score (nSPS) is 10.9. The average Bonchev–Trinajstić information content (AvgIpc) is 2.82. The van der Waals surface area contributed by atoms with E-state index in [1.807, 2.05) is 4.57 Å². The molecule has 0 saturated carbocycles. The molecule has 0 amide bonds. The molecule has 6 heteroatoms. The minimum atomic E-state index is 0.630. The Labute approximate surface area is 103 Å². The van der Waals surface area contributed by atoms with Crippen molar-refractivity contribution in [2.45, 2.75) is 13.5 Å². The number of nitrogens with one attached hydrogen (secondary N) is 1. The molecule has 1 N–H and O–H groups in total. The first-order chi connectivity index (χ1) is 7.72. The fourth-order valence-electron chi connectivity index (χ4n) is 1.45. The van der Waals surface area contributed by atoms with Crippen molar-refractivity contribution in [1.82, 2.24) is 14.8 Å². The van der Waals surface area contributed by atoms with Crippen LogP contribution < -0.4 is 0 Å². The number of nitrogens with zero attached hydrogens (tertiary/aromatic N) is 2. The number of H-pyrrole nitrogens is 1. The van der Waals surface area contributed by atoms with Gasteiger partial charge in [-0.05, 0) is 31.3 Å². The number of rotatable bonds is 4. The average molecular weight is 255 g/mol. The van der Waals surface area contributed by atoms with Crippen LogP contribution in [0, 0.1) is 11.7 Å². The largest absolute Gasteiger partial charge is 0.383 e. The summed E-state index contributed by atoms with van der Waals surface area (Å²) in [7, 11) is 1.68. The maximum Gasteiger partial charge on any atom is 0.195 e. The van der Waals surface area contributed by atoms with E-state index in [-0.39, 0.29) is 0 Å². The molecular formula is C10H13N3OS2. The third kappa shape index (κ3) is 2.23. The maximum atomic E-state index is 5.19. The predicted octanol–water partition coefficient (Wildman–Crippen LogP) is 2.62. The van der Waals surface area contributed by atoms with Gasteiger partial charge < -0.3 is 4.74 Å². The molecule has 2 aromatic heterocycles. The monoisotopic (exact) mass is 255 g/mol. The number of hydrogen-bond donors (Lipinski definition) is 1. The van der Waals surface area contributed by atoms with Crippen LogP contribution in [0.3, 0.4) is 0 Å². The van der Waals surface area contributed by atoms with Crippen LogP contribution >= 0.6 is 23.6 Å². The minimum Gasteiger partial charge on any atom is -0.383 e. The molecule has 0 radical (unpaired) electrons. The summed E-state index contributed by atoms with van der Waals surface area (Å²) in [6.07, 6.45) is 0. The van der Waals surface area contributed by atoms with Crippen molar-refractivity contribution in [3.05, 3.63) is 21.8 Å². The molecule has 0 atom stereocenters. The first-order valence-corrected chi connectivity index (χ1v) is 6.16. The van der Waals surface area contributed by atoms with Crippen molar-refractivity contribution in [3.63, 3.8) is 0 Å². The van der Waals surface area contributed by atoms with E-state index in [0.717, 1.165) is 17.2 Å². The third-order valence-electron chi connectivity index (χ3n) is 2.24. The topological polar surface area (TPSA) is 42.8 Å². The van der Waals surface area contributed by atoms with Gasteiger partial charge in [0.15, 0.2) is 10.6 Å². The van der Waals surface area contributed by atoms with Gasteiger partial charge in [-0.3, -0.25) is 9.67 Å². The van der Waals surface area contributed by atoms with E-state index in [0.29, 0.717) is 11.4 Å². The lowest BCUT2D eigenvalue weighted by molar-refractivity contribution is 0.187. The van der Waals surface area contributed by atoms with E-state index in [1.165, 1.54) is 4.88 Å². The van der Waals surface area contributed by atoms with E-state index >= 15 is 0 Å². The van der Waals surface area contributed by atoms with Gasteiger partial charge in [-0.15, -0.1) is 11.3 Å². The zero-order valence-corrected chi connectivity index (χ0v) is 10.8. The van der Waals surface area contributed by atoms with E-state index in [2.05, 4.69) is 29.3 Å². The molecule has 0 bridgehead atoms. The summed E-state index contributed by atoms with van der Waals surface area (Å²) in [5.41, 5.74) is 0. The second-order valence-corrected chi connectivity index (χ2v) is 5.08. The summed E-state index contributed by atoms with van der Waals surface area (Å²) in [4.78, 5) is 2.39. The van der Waals surface area contributed by atoms with Gasteiger partial charge in [0.05, 0.1) is 18.0 Å². The van der Waals surface area contributed by atoms with Crippen molar-refractivity contribution < 1.29 is 4.74 Å². The van der Waals surface area contributed by atoms with Gasteiger partial charge in [-0.1, -0.05) is 0 Å². The summed E-state index contributed by atoms with van der Waals surface area (Å²) >= 11 is 6.90. The zero-order chi connectivity index (χ0) is 11.5. The first kappa shape index (κ1) is 11.5. The fraction of sp³-hybridized carbons (Fsp3) is 0.400. The number of thiophene rings is 1. The van der Waals surface area contributed by atoms with Crippen LogP contribution in [0.1, 0.15) is 4.88 Å². The quantitative estimate of drug-likeness (QED) is 0.854. The number of aromatic nitrogens is 3. The Morgan fingerprint density at radius 1 is 1.56 bits per heavy atom. The van der Waals surface area contributed by atoms with Crippen LogP contribution in [0.4, 0.5) is 0 Å². The van der Waals surface area contributed by atoms with Gasteiger partial charge >= 0.3 is 0 Å². The molecule has 2 rings (SSSR count). The molecule has 0 unspecified atom stereocenters. The molecule has 0 fully saturated rings. The number of methoxy groups -OCH3 is 1. The highest BCUT2D eigenvalue weighted by Gasteiger charge is 2.10. The van der Waals surface area contributed by atoms with Crippen molar-refractivity contribution >= 4 is 23.6 Å². The summed E-state index contributed by atoms with van der Waals surface area (Å²) in [6.45, 7) is 3.43. The van der Waals surface area contributed by atoms with Crippen molar-refractivity contribution in [2.75, 3.05) is 13.7 Å². The third-order valence-corrected chi connectivity index (χ3v) is 3.55. The van der Waals surface area contributed by atoms with Gasteiger partial charge in [0.1, 0.15) is 0 Å². The number of aryl methyl sites for hydroxylation is 1. The fourth-order valence-corrected chi connectivity index (χ4v) is 2.54. The van der Waals surface area contributed by atoms with Gasteiger partial charge in [0.25, 0.3) is 0 Å². The van der Waals surface area contributed by atoms with E-state index in [4.69, 9.17) is 17.0 Å². The Bertz CT molecular complexity index is 526. The lowest BCUT2D eigenvalue weighted by Gasteiger charge is -2.03. The van der Waals surface area contributed by atoms with Gasteiger partial charge in [-0.25, -0.2) is 0 Å². The van der Waals surface area contributed by atoms with Gasteiger partial charge in [0.2, 0.25) is 0 Å². The van der Waals surface area contributed by atoms with Crippen LogP contribution in [0.2, 0.25) is 0 Å². The second-order valence-electron chi connectivity index (χ2n) is 3.41. The Morgan fingerprint density at radius 3 is 3.00 bits per heavy atom. The standard InChI is InChI=1S/C10H13N3OS2/c1-7-3-4-8(16-7)9-11-12-10(15)13(9)5-6-14-2/h3-4H,5-6H2,1-2H3,(H,12,15). The van der Waals surface area contributed by atoms with Crippen molar-refractivity contribution in [1.29, 1.82) is 0 Å². The highest BCUT2D eigenvalue weighted by Crippen LogP contribution is 2.25. The molecule has 2 heterocycles. The van der Waals surface area contributed by atoms with E-state index in [1.54, 1.807) is 18.4 Å². The highest BCUT2D eigenvalue weighted by molar-refractivity contribution is 7.71. The summed E-state index contributed by atoms with van der Waals surface area (Å²) < 4.78 is 7.66. The Morgan fingerprint density at radius 2 is 2.38 bits per heavy atom. The van der Waals surface area contributed by atoms with Crippen molar-refractivity contribution in [3.8, 4) is 10.7 Å². The van der Waals surface area contributed by atoms with Gasteiger partial charge in [0, 0.05) is 12.0 Å². The Kier molecular flexibility index (Phi) is 3.52. The molecule has 86 valence electrons. The van der Waals surface area contributed by atoms with E-state index in [9.17, 15) is 0 Å². The van der Waals surface area contributed by atoms with Crippen LogP contribution in [-0.2, 0) is 11.3 Å². The lowest BCUT2D eigenvalue weighted by atomic mass is 10.4. The molecule has 4 nitrogen and oxygen atoms in total. The molecule has 0 aliphatic rings. The van der Waals surface area contributed by atoms with Crippen LogP contribution in [-0.4, -0.2) is 28.5 Å². The molecule has 2 aromatic rings. The molecule has 0 spiro atoms. The lowest BCUT2D eigenvalue weighted by Crippen LogP contribution is -2.05. The molecule has 0 saturated heterocycles. The van der Waals surface area contributed by atoms with Gasteiger partial charge in [-0.2, -0.15) is 5.10 Å². The number of ether oxygens (including phenoxy) is 1. The second kappa shape index (κ2) is 4.90. The van der Waals surface area contributed by atoms with Crippen LogP contribution in [0.25, 0.3) is 10.7 Å². The molecule has 0 aliphatic carbocycles. The van der Waals surface area contributed by atoms with E-state index < -0.39 is 0 Å².